The van der Waals surface area contributed by atoms with E-state index in [9.17, 15) is 33.9 Å². The topological polar surface area (TPSA) is 217 Å². The van der Waals surface area contributed by atoms with Gasteiger partial charge in [0, 0.05) is 0 Å². The number of rotatable bonds is 12. The SMILES string of the molecule is CC(C)C(NC(=O)C(CC(=O)O)NC(=O)C(CC(N)=O)NC(=O)C1CCCN1)C(=O)O. The Morgan fingerprint density at radius 3 is 2.00 bits per heavy atom. The van der Waals surface area contributed by atoms with E-state index in [0.29, 0.717) is 13.0 Å². The number of amides is 4. The number of hydrogen-bond acceptors (Lipinski definition) is 7. The van der Waals surface area contributed by atoms with Gasteiger partial charge in [0.25, 0.3) is 0 Å². The zero-order chi connectivity index (χ0) is 23.7. The molecule has 0 aliphatic carbocycles. The maximum absolute atomic E-state index is 12.6. The molecular weight excluding hydrogens is 414 g/mol. The molecule has 4 unspecified atom stereocenters. The quantitative estimate of drug-likeness (QED) is 0.166. The van der Waals surface area contributed by atoms with Gasteiger partial charge in [0.15, 0.2) is 0 Å². The first-order chi connectivity index (χ1) is 14.4. The molecule has 1 rings (SSSR count). The first kappa shape index (κ1) is 25.8. The summed E-state index contributed by atoms with van der Waals surface area (Å²) >= 11 is 0. The van der Waals surface area contributed by atoms with E-state index in [1.165, 1.54) is 0 Å². The maximum atomic E-state index is 12.6. The smallest absolute Gasteiger partial charge is 0.326 e. The second-order valence-corrected chi connectivity index (χ2v) is 7.61. The van der Waals surface area contributed by atoms with Gasteiger partial charge in [0.2, 0.25) is 23.6 Å². The highest BCUT2D eigenvalue weighted by molar-refractivity contribution is 5.97. The number of nitrogens with two attached hydrogens (primary N) is 1. The van der Waals surface area contributed by atoms with E-state index in [1.54, 1.807) is 13.8 Å². The third-order valence-corrected chi connectivity index (χ3v) is 4.66. The lowest BCUT2D eigenvalue weighted by Crippen LogP contribution is -2.58. The van der Waals surface area contributed by atoms with Crippen LogP contribution in [0.4, 0.5) is 0 Å². The highest BCUT2D eigenvalue weighted by Gasteiger charge is 2.33. The average molecular weight is 443 g/mol. The molecule has 13 heteroatoms. The summed E-state index contributed by atoms with van der Waals surface area (Å²) in [6.07, 6.45) is -0.127. The monoisotopic (exact) mass is 443 g/mol. The van der Waals surface area contributed by atoms with Crippen molar-refractivity contribution in [2.24, 2.45) is 11.7 Å². The summed E-state index contributed by atoms with van der Waals surface area (Å²) < 4.78 is 0. The predicted octanol–water partition coefficient (Wildman–Crippen LogP) is -2.72. The molecule has 1 aliphatic rings. The molecule has 0 spiro atoms. The van der Waals surface area contributed by atoms with Crippen molar-refractivity contribution in [3.8, 4) is 0 Å². The van der Waals surface area contributed by atoms with Gasteiger partial charge in [-0.1, -0.05) is 13.8 Å². The molecule has 0 radical (unpaired) electrons. The maximum Gasteiger partial charge on any atom is 0.326 e. The fourth-order valence-electron chi connectivity index (χ4n) is 3.01. The van der Waals surface area contributed by atoms with Crippen LogP contribution >= 0.6 is 0 Å². The minimum atomic E-state index is -1.64. The lowest BCUT2D eigenvalue weighted by atomic mass is 10.0. The number of hydrogen-bond donors (Lipinski definition) is 7. The standard InChI is InChI=1S/C18H29N5O8/c1-8(2)14(18(30)31)23-17(29)11(7-13(25)26)22-16(28)10(6-12(19)24)21-15(27)9-4-3-5-20-9/h8-11,14,20H,3-7H2,1-2H3,(H2,19,24)(H,21,27)(H,22,28)(H,23,29)(H,25,26)(H,30,31). The minimum absolute atomic E-state index is 0.511. The second kappa shape index (κ2) is 11.8. The van der Waals surface area contributed by atoms with Crippen LogP contribution in [0.1, 0.15) is 39.5 Å². The third kappa shape index (κ3) is 8.58. The van der Waals surface area contributed by atoms with Gasteiger partial charge < -0.3 is 37.2 Å². The van der Waals surface area contributed by atoms with Crippen LogP contribution in [0, 0.1) is 5.92 Å². The summed E-state index contributed by atoms with van der Waals surface area (Å²) in [6.45, 7) is 3.70. The molecule has 8 N–H and O–H groups in total. The molecule has 4 amide bonds. The first-order valence-electron chi connectivity index (χ1n) is 9.79. The fraction of sp³-hybridized carbons (Fsp3) is 0.667. The van der Waals surface area contributed by atoms with Crippen LogP contribution in [-0.4, -0.2) is 76.5 Å². The molecule has 0 aromatic heterocycles. The van der Waals surface area contributed by atoms with Crippen LogP contribution < -0.4 is 27.0 Å². The van der Waals surface area contributed by atoms with E-state index in [0.717, 1.165) is 6.42 Å². The van der Waals surface area contributed by atoms with Crippen molar-refractivity contribution in [1.29, 1.82) is 0 Å². The molecule has 0 bridgehead atoms. The van der Waals surface area contributed by atoms with E-state index in [1.807, 2.05) is 0 Å². The van der Waals surface area contributed by atoms with E-state index < -0.39 is 78.5 Å². The number of carbonyl (C=O) groups is 6. The Morgan fingerprint density at radius 2 is 1.55 bits per heavy atom. The Labute approximate surface area is 178 Å². The largest absolute Gasteiger partial charge is 0.481 e. The normalized spacial score (nSPS) is 18.5. The highest BCUT2D eigenvalue weighted by atomic mass is 16.4. The van der Waals surface area contributed by atoms with Gasteiger partial charge in [-0.15, -0.1) is 0 Å². The molecule has 13 nitrogen and oxygen atoms in total. The van der Waals surface area contributed by atoms with Crippen molar-refractivity contribution >= 4 is 35.6 Å². The fourth-order valence-corrected chi connectivity index (χ4v) is 3.01. The van der Waals surface area contributed by atoms with Gasteiger partial charge in [-0.3, -0.25) is 24.0 Å². The van der Waals surface area contributed by atoms with Crippen LogP contribution in [0.2, 0.25) is 0 Å². The van der Waals surface area contributed by atoms with Crippen LogP contribution in [0.3, 0.4) is 0 Å². The van der Waals surface area contributed by atoms with Crippen LogP contribution in [0.15, 0.2) is 0 Å². The van der Waals surface area contributed by atoms with Crippen molar-refractivity contribution in [3.63, 3.8) is 0 Å². The summed E-state index contributed by atoms with van der Waals surface area (Å²) in [5.74, 6) is -6.73. The van der Waals surface area contributed by atoms with Gasteiger partial charge in [0.05, 0.1) is 18.9 Å². The number of aliphatic carboxylic acids is 2. The lowest BCUT2D eigenvalue weighted by Gasteiger charge is -2.25. The Kier molecular flexibility index (Phi) is 9.86. The summed E-state index contributed by atoms with van der Waals surface area (Å²) in [7, 11) is 0. The van der Waals surface area contributed by atoms with Crippen molar-refractivity contribution in [2.45, 2.75) is 63.7 Å². The number of carboxylic acid groups (broad SMARTS) is 2. The second-order valence-electron chi connectivity index (χ2n) is 7.61. The van der Waals surface area contributed by atoms with E-state index in [-0.39, 0.29) is 0 Å². The van der Waals surface area contributed by atoms with Crippen molar-refractivity contribution in [3.05, 3.63) is 0 Å². The third-order valence-electron chi connectivity index (χ3n) is 4.66. The lowest BCUT2D eigenvalue weighted by molar-refractivity contribution is -0.144. The van der Waals surface area contributed by atoms with Crippen LogP contribution in [-0.2, 0) is 28.8 Å². The summed E-state index contributed by atoms with van der Waals surface area (Å²) in [6, 6.07) is -4.93. The minimum Gasteiger partial charge on any atom is -0.481 e. The van der Waals surface area contributed by atoms with E-state index in [4.69, 9.17) is 10.8 Å². The first-order valence-corrected chi connectivity index (χ1v) is 9.79. The number of primary amides is 1. The highest BCUT2D eigenvalue weighted by Crippen LogP contribution is 2.07. The average Bonchev–Trinajstić information content (AvgIpc) is 3.18. The van der Waals surface area contributed by atoms with Crippen molar-refractivity contribution in [2.75, 3.05) is 6.54 Å². The van der Waals surface area contributed by atoms with Gasteiger partial charge >= 0.3 is 11.9 Å². The Balaban J connectivity index is 2.94. The van der Waals surface area contributed by atoms with Gasteiger partial charge in [0.1, 0.15) is 18.1 Å². The molecule has 1 heterocycles. The van der Waals surface area contributed by atoms with Gasteiger partial charge in [-0.2, -0.15) is 0 Å². The summed E-state index contributed by atoms with van der Waals surface area (Å²) in [5, 5.41) is 27.9. The molecule has 1 saturated heterocycles. The Bertz CT molecular complexity index is 720. The summed E-state index contributed by atoms with van der Waals surface area (Å²) in [4.78, 5) is 71.2. The van der Waals surface area contributed by atoms with Gasteiger partial charge in [-0.25, -0.2) is 4.79 Å². The van der Waals surface area contributed by atoms with E-state index in [2.05, 4.69) is 21.3 Å². The molecule has 174 valence electrons. The molecule has 0 saturated carbocycles. The molecular formula is C18H29N5O8. The zero-order valence-corrected chi connectivity index (χ0v) is 17.3. The van der Waals surface area contributed by atoms with Crippen LogP contribution in [0.5, 0.6) is 0 Å². The van der Waals surface area contributed by atoms with E-state index >= 15 is 0 Å². The molecule has 1 fully saturated rings. The molecule has 0 aromatic rings. The Hall–Kier alpha value is -3.22. The van der Waals surface area contributed by atoms with Crippen molar-refractivity contribution < 1.29 is 39.0 Å². The molecule has 4 atom stereocenters. The van der Waals surface area contributed by atoms with Crippen LogP contribution in [0.25, 0.3) is 0 Å². The van der Waals surface area contributed by atoms with Gasteiger partial charge in [-0.05, 0) is 25.3 Å². The molecule has 0 aromatic carbocycles. The zero-order valence-electron chi connectivity index (χ0n) is 17.3. The molecule has 31 heavy (non-hydrogen) atoms. The number of carbonyl (C=O) groups excluding carboxylic acids is 4. The molecule has 1 aliphatic heterocycles. The van der Waals surface area contributed by atoms with Crippen molar-refractivity contribution in [1.82, 2.24) is 21.3 Å². The Morgan fingerprint density at radius 1 is 0.968 bits per heavy atom. The predicted molar refractivity (Wildman–Crippen MR) is 105 cm³/mol. The summed E-state index contributed by atoms with van der Waals surface area (Å²) in [5.41, 5.74) is 5.14. The number of carboxylic acids is 2. The number of nitrogens with one attached hydrogen (secondary N) is 4.